The average molecular weight is 395 g/mol. The first kappa shape index (κ1) is 18.9. The van der Waals surface area contributed by atoms with Crippen molar-refractivity contribution in [2.45, 2.75) is 70.9 Å². The smallest absolute Gasteiger partial charge is 0.230 e. The number of nitrogens with zero attached hydrogens (tertiary/aromatic N) is 2. The lowest BCUT2D eigenvalue weighted by molar-refractivity contribution is -0.145. The number of carbonyl (C=O) groups is 2. The van der Waals surface area contributed by atoms with Gasteiger partial charge >= 0.3 is 0 Å². The number of carbonyl (C=O) groups excluding carboxylic acids is 2. The molecule has 1 aromatic rings. The maximum Gasteiger partial charge on any atom is 0.230 e. The summed E-state index contributed by atoms with van der Waals surface area (Å²) in [5.74, 6) is -0.616. The fourth-order valence-electron chi connectivity index (χ4n) is 5.92. The standard InChI is InChI=1S/C24H30N2O3/c1-14-5-8-18(11-15(14)2)12-25-13-24-10-9-19(29-24)20(21(24)23(25)28)22(27)26-16(3)6-7-17(26)4/h5,8-11,16-17,19-21H,6-7,12-13H2,1-4H3/t16-,17+,19-,20-,21+,24-/m0/s1. The predicted molar refractivity (Wildman–Crippen MR) is 110 cm³/mol. The molecule has 1 spiro atoms. The van der Waals surface area contributed by atoms with Gasteiger partial charge in [-0.05, 0) is 57.2 Å². The number of aryl methyl sites for hydroxylation is 2. The van der Waals surface area contributed by atoms with Crippen LogP contribution in [0, 0.1) is 25.7 Å². The number of rotatable bonds is 3. The molecule has 5 nitrogen and oxygen atoms in total. The highest BCUT2D eigenvalue weighted by molar-refractivity contribution is 5.93. The van der Waals surface area contributed by atoms with Gasteiger partial charge in [0, 0.05) is 18.6 Å². The minimum Gasteiger partial charge on any atom is -0.360 e. The van der Waals surface area contributed by atoms with Gasteiger partial charge in [0.25, 0.3) is 0 Å². The summed E-state index contributed by atoms with van der Waals surface area (Å²) in [6, 6.07) is 6.82. The number of fused-ring (bicyclic) bond motifs is 1. The van der Waals surface area contributed by atoms with Crippen molar-refractivity contribution in [3.63, 3.8) is 0 Å². The van der Waals surface area contributed by atoms with Crippen LogP contribution < -0.4 is 0 Å². The van der Waals surface area contributed by atoms with Crippen LogP contribution in [0.2, 0.25) is 0 Å². The molecule has 0 saturated carbocycles. The van der Waals surface area contributed by atoms with Crippen LogP contribution in [-0.2, 0) is 20.9 Å². The van der Waals surface area contributed by atoms with Gasteiger partial charge in [0.2, 0.25) is 11.8 Å². The van der Waals surface area contributed by atoms with Crippen LogP contribution in [0.5, 0.6) is 0 Å². The van der Waals surface area contributed by atoms with Gasteiger partial charge < -0.3 is 14.5 Å². The Morgan fingerprint density at radius 3 is 2.59 bits per heavy atom. The van der Waals surface area contributed by atoms with E-state index in [4.69, 9.17) is 4.74 Å². The van der Waals surface area contributed by atoms with Gasteiger partial charge in [0.15, 0.2) is 0 Å². The Morgan fingerprint density at radius 1 is 1.17 bits per heavy atom. The van der Waals surface area contributed by atoms with E-state index in [9.17, 15) is 9.59 Å². The van der Waals surface area contributed by atoms with E-state index in [2.05, 4.69) is 45.9 Å². The highest BCUT2D eigenvalue weighted by atomic mass is 16.5. The largest absolute Gasteiger partial charge is 0.360 e. The van der Waals surface area contributed by atoms with Gasteiger partial charge in [-0.15, -0.1) is 0 Å². The molecule has 0 radical (unpaired) electrons. The van der Waals surface area contributed by atoms with E-state index in [0.717, 1.165) is 18.4 Å². The minimum absolute atomic E-state index is 0.0629. The van der Waals surface area contributed by atoms with Crippen LogP contribution in [-0.4, -0.2) is 51.9 Å². The molecule has 0 N–H and O–H groups in total. The number of likely N-dealkylation sites (tertiary alicyclic amines) is 2. The second-order valence-electron chi connectivity index (χ2n) is 9.53. The summed E-state index contributed by atoms with van der Waals surface area (Å²) in [6.07, 6.45) is 5.85. The Bertz CT molecular complexity index is 899. The summed E-state index contributed by atoms with van der Waals surface area (Å²) in [7, 11) is 0. The number of ether oxygens (including phenoxy) is 1. The first-order valence-electron chi connectivity index (χ1n) is 10.8. The molecular formula is C24H30N2O3. The molecule has 3 saturated heterocycles. The fourth-order valence-corrected chi connectivity index (χ4v) is 5.92. The summed E-state index contributed by atoms with van der Waals surface area (Å²) in [5, 5.41) is 0. The first-order chi connectivity index (χ1) is 13.8. The lowest BCUT2D eigenvalue weighted by atomic mass is 9.76. The fraction of sp³-hybridized carbons (Fsp3) is 0.583. The maximum absolute atomic E-state index is 13.5. The van der Waals surface area contributed by atoms with Crippen LogP contribution in [0.25, 0.3) is 0 Å². The Morgan fingerprint density at radius 2 is 1.90 bits per heavy atom. The van der Waals surface area contributed by atoms with Crippen molar-refractivity contribution in [1.29, 1.82) is 0 Å². The molecule has 4 heterocycles. The summed E-state index contributed by atoms with van der Waals surface area (Å²) >= 11 is 0. The number of hydrogen-bond donors (Lipinski definition) is 0. The topological polar surface area (TPSA) is 49.9 Å². The Balaban J connectivity index is 1.41. The van der Waals surface area contributed by atoms with E-state index < -0.39 is 11.5 Å². The quantitative estimate of drug-likeness (QED) is 0.741. The Labute approximate surface area is 172 Å². The van der Waals surface area contributed by atoms with Gasteiger partial charge in [0.1, 0.15) is 5.60 Å². The van der Waals surface area contributed by atoms with Crippen molar-refractivity contribution in [1.82, 2.24) is 9.80 Å². The third kappa shape index (κ3) is 2.70. The number of benzene rings is 1. The number of amides is 2. The van der Waals surface area contributed by atoms with Crippen molar-refractivity contribution in [3.05, 3.63) is 47.0 Å². The zero-order chi connectivity index (χ0) is 20.5. The Hall–Kier alpha value is -2.14. The van der Waals surface area contributed by atoms with Crippen molar-refractivity contribution in [2.75, 3.05) is 6.54 Å². The van der Waals surface area contributed by atoms with Crippen LogP contribution in [0.15, 0.2) is 30.4 Å². The third-order valence-electron chi connectivity index (χ3n) is 7.62. The zero-order valence-corrected chi connectivity index (χ0v) is 17.7. The first-order valence-corrected chi connectivity index (χ1v) is 10.8. The molecule has 29 heavy (non-hydrogen) atoms. The van der Waals surface area contributed by atoms with Gasteiger partial charge in [-0.25, -0.2) is 0 Å². The van der Waals surface area contributed by atoms with Crippen molar-refractivity contribution < 1.29 is 14.3 Å². The van der Waals surface area contributed by atoms with E-state index in [1.807, 2.05) is 22.0 Å². The summed E-state index contributed by atoms with van der Waals surface area (Å²) in [5.41, 5.74) is 2.98. The van der Waals surface area contributed by atoms with Gasteiger partial charge in [-0.2, -0.15) is 0 Å². The number of hydrogen-bond acceptors (Lipinski definition) is 3. The molecular weight excluding hydrogens is 364 g/mol. The SMILES string of the molecule is Cc1ccc(CN2C[C@]34C=C[C@H](O3)[C@H](C(=O)N3[C@H](C)CC[C@@H]3C)[C@@H]4C2=O)cc1C. The molecule has 4 aliphatic rings. The minimum atomic E-state index is -0.631. The van der Waals surface area contributed by atoms with E-state index >= 15 is 0 Å². The molecule has 0 aliphatic carbocycles. The summed E-state index contributed by atoms with van der Waals surface area (Å²) in [4.78, 5) is 30.9. The van der Waals surface area contributed by atoms with Crippen LogP contribution >= 0.6 is 0 Å². The molecule has 154 valence electrons. The summed E-state index contributed by atoms with van der Waals surface area (Å²) in [6.45, 7) is 9.52. The van der Waals surface area contributed by atoms with Crippen molar-refractivity contribution in [2.24, 2.45) is 11.8 Å². The highest BCUT2D eigenvalue weighted by Gasteiger charge is 2.67. The van der Waals surface area contributed by atoms with Crippen LogP contribution in [0.1, 0.15) is 43.4 Å². The second-order valence-corrected chi connectivity index (χ2v) is 9.53. The average Bonchev–Trinajstić information content (AvgIpc) is 3.39. The van der Waals surface area contributed by atoms with Crippen LogP contribution in [0.3, 0.4) is 0 Å². The Kier molecular flexibility index (Phi) is 4.18. The van der Waals surface area contributed by atoms with E-state index in [0.29, 0.717) is 13.1 Å². The molecule has 0 aromatic heterocycles. The van der Waals surface area contributed by atoms with Gasteiger partial charge in [0.05, 0.1) is 24.5 Å². The molecule has 1 aromatic carbocycles. The van der Waals surface area contributed by atoms with Crippen molar-refractivity contribution in [3.8, 4) is 0 Å². The van der Waals surface area contributed by atoms with E-state index in [-0.39, 0.29) is 35.9 Å². The lowest BCUT2D eigenvalue weighted by Crippen LogP contribution is -2.49. The molecule has 2 amide bonds. The second kappa shape index (κ2) is 6.43. The summed E-state index contributed by atoms with van der Waals surface area (Å²) < 4.78 is 6.31. The van der Waals surface area contributed by atoms with Gasteiger partial charge in [-0.1, -0.05) is 30.4 Å². The molecule has 3 fully saturated rings. The molecule has 2 bridgehead atoms. The van der Waals surface area contributed by atoms with Crippen LogP contribution in [0.4, 0.5) is 0 Å². The molecule has 6 atom stereocenters. The third-order valence-corrected chi connectivity index (χ3v) is 7.62. The van der Waals surface area contributed by atoms with E-state index in [1.165, 1.54) is 11.1 Å². The van der Waals surface area contributed by atoms with E-state index in [1.54, 1.807) is 0 Å². The van der Waals surface area contributed by atoms with Gasteiger partial charge in [-0.3, -0.25) is 9.59 Å². The maximum atomic E-state index is 13.5. The highest BCUT2D eigenvalue weighted by Crippen LogP contribution is 2.53. The molecule has 5 rings (SSSR count). The normalized spacial score (nSPS) is 37.7. The van der Waals surface area contributed by atoms with Crippen molar-refractivity contribution >= 4 is 11.8 Å². The monoisotopic (exact) mass is 394 g/mol. The lowest BCUT2D eigenvalue weighted by Gasteiger charge is -2.32. The zero-order valence-electron chi connectivity index (χ0n) is 17.7. The molecule has 5 heteroatoms. The molecule has 4 aliphatic heterocycles. The molecule has 0 unspecified atom stereocenters. The predicted octanol–water partition coefficient (Wildman–Crippen LogP) is 2.98.